The van der Waals surface area contributed by atoms with Crippen LogP contribution < -0.4 is 10.9 Å². The van der Waals surface area contributed by atoms with E-state index in [9.17, 15) is 9.59 Å². The van der Waals surface area contributed by atoms with Crippen LogP contribution in [0.3, 0.4) is 0 Å². The summed E-state index contributed by atoms with van der Waals surface area (Å²) in [5.74, 6) is -0.390. The van der Waals surface area contributed by atoms with Gasteiger partial charge in [-0.2, -0.15) is 0 Å². The first kappa shape index (κ1) is 16.7. The van der Waals surface area contributed by atoms with E-state index in [-0.39, 0.29) is 11.1 Å². The van der Waals surface area contributed by atoms with Gasteiger partial charge in [-0.05, 0) is 48.7 Å². The summed E-state index contributed by atoms with van der Waals surface area (Å²) >= 11 is 0. The summed E-state index contributed by atoms with van der Waals surface area (Å²) in [7, 11) is 0. The van der Waals surface area contributed by atoms with Gasteiger partial charge in [0.1, 0.15) is 5.56 Å². The summed E-state index contributed by atoms with van der Waals surface area (Å²) in [6, 6.07) is 18.7. The molecular weight excluding hydrogens is 312 g/mol. The molecule has 2 aromatic carbocycles. The molecule has 3 rings (SSSR count). The Morgan fingerprint density at radius 3 is 2.32 bits per heavy atom. The highest BCUT2D eigenvalue weighted by Crippen LogP contribution is 2.14. The van der Waals surface area contributed by atoms with Gasteiger partial charge in [0.2, 0.25) is 0 Å². The molecule has 1 aromatic heterocycles. The summed E-state index contributed by atoms with van der Waals surface area (Å²) < 4.78 is 1.56. The monoisotopic (exact) mass is 332 g/mol. The van der Waals surface area contributed by atoms with E-state index in [1.54, 1.807) is 22.9 Å². The van der Waals surface area contributed by atoms with Gasteiger partial charge in [-0.25, -0.2) is 0 Å². The van der Waals surface area contributed by atoms with Gasteiger partial charge in [0.25, 0.3) is 11.5 Å². The lowest BCUT2D eigenvalue weighted by Crippen LogP contribution is -2.29. The number of nitrogens with zero attached hydrogens (tertiary/aromatic N) is 1. The second-order valence-electron chi connectivity index (χ2n) is 6.05. The van der Waals surface area contributed by atoms with E-state index in [2.05, 4.69) is 5.32 Å². The molecule has 0 fully saturated rings. The number of amides is 1. The van der Waals surface area contributed by atoms with Gasteiger partial charge in [0.05, 0.1) is 6.54 Å². The average molecular weight is 332 g/mol. The zero-order chi connectivity index (χ0) is 17.8. The van der Waals surface area contributed by atoms with E-state index in [0.29, 0.717) is 12.2 Å². The number of pyridine rings is 1. The third kappa shape index (κ3) is 3.69. The van der Waals surface area contributed by atoms with Crippen LogP contribution in [0.1, 0.15) is 27.0 Å². The SMILES string of the molecule is Cc1ccccc1Cn1cccc(C(=O)Nc2ccccc2C)c1=O. The van der Waals surface area contributed by atoms with Gasteiger partial charge >= 0.3 is 0 Å². The molecule has 3 aromatic rings. The van der Waals surface area contributed by atoms with Gasteiger partial charge in [0.15, 0.2) is 0 Å². The first-order chi connectivity index (χ1) is 12.1. The van der Waals surface area contributed by atoms with Crippen molar-refractivity contribution in [2.75, 3.05) is 5.32 Å². The van der Waals surface area contributed by atoms with Crippen molar-refractivity contribution in [1.82, 2.24) is 4.57 Å². The maximum Gasteiger partial charge on any atom is 0.263 e. The van der Waals surface area contributed by atoms with Crippen LogP contribution in [0.2, 0.25) is 0 Å². The first-order valence-corrected chi connectivity index (χ1v) is 8.17. The molecule has 25 heavy (non-hydrogen) atoms. The minimum Gasteiger partial charge on any atom is -0.322 e. The molecule has 0 atom stereocenters. The standard InChI is InChI=1S/C21H20N2O2/c1-15-8-3-5-10-17(15)14-23-13-7-11-18(21(23)25)20(24)22-19-12-6-4-9-16(19)2/h3-13H,14H2,1-2H3,(H,22,24). The van der Waals surface area contributed by atoms with Gasteiger partial charge in [-0.3, -0.25) is 9.59 Å². The summed E-state index contributed by atoms with van der Waals surface area (Å²) in [4.78, 5) is 25.2. The summed E-state index contributed by atoms with van der Waals surface area (Å²) in [5.41, 5.74) is 3.68. The number of aromatic nitrogens is 1. The van der Waals surface area contributed by atoms with Crippen molar-refractivity contribution >= 4 is 11.6 Å². The number of rotatable bonds is 4. The van der Waals surface area contributed by atoms with Crippen molar-refractivity contribution in [3.8, 4) is 0 Å². The molecule has 0 saturated heterocycles. The van der Waals surface area contributed by atoms with E-state index in [1.165, 1.54) is 0 Å². The van der Waals surface area contributed by atoms with Crippen LogP contribution in [-0.4, -0.2) is 10.5 Å². The molecule has 1 amide bonds. The Morgan fingerprint density at radius 2 is 1.60 bits per heavy atom. The number of hydrogen-bond donors (Lipinski definition) is 1. The second-order valence-corrected chi connectivity index (χ2v) is 6.05. The fourth-order valence-electron chi connectivity index (χ4n) is 2.71. The lowest BCUT2D eigenvalue weighted by molar-refractivity contribution is 0.102. The number of carbonyl (C=O) groups is 1. The minimum atomic E-state index is -0.390. The quantitative estimate of drug-likeness (QED) is 0.791. The Labute approximate surface area is 146 Å². The second kappa shape index (κ2) is 7.18. The normalized spacial score (nSPS) is 10.5. The number of carbonyl (C=O) groups excluding carboxylic acids is 1. The van der Waals surface area contributed by atoms with Crippen LogP contribution in [0.15, 0.2) is 71.7 Å². The molecule has 0 spiro atoms. The van der Waals surface area contributed by atoms with E-state index >= 15 is 0 Å². The zero-order valence-corrected chi connectivity index (χ0v) is 14.3. The van der Waals surface area contributed by atoms with Crippen molar-refractivity contribution in [3.63, 3.8) is 0 Å². The third-order valence-electron chi connectivity index (χ3n) is 4.26. The highest BCUT2D eigenvalue weighted by molar-refractivity contribution is 6.04. The van der Waals surface area contributed by atoms with Gasteiger partial charge in [0, 0.05) is 11.9 Å². The maximum atomic E-state index is 12.7. The maximum absolute atomic E-state index is 12.7. The number of hydrogen-bond acceptors (Lipinski definition) is 2. The van der Waals surface area contributed by atoms with Crippen molar-refractivity contribution in [3.05, 3.63) is 99.5 Å². The van der Waals surface area contributed by atoms with Crippen molar-refractivity contribution in [1.29, 1.82) is 0 Å². The number of anilines is 1. The van der Waals surface area contributed by atoms with E-state index in [0.717, 1.165) is 16.7 Å². The molecule has 0 aliphatic carbocycles. The van der Waals surface area contributed by atoms with Crippen molar-refractivity contribution in [2.24, 2.45) is 0 Å². The highest BCUT2D eigenvalue weighted by atomic mass is 16.2. The van der Waals surface area contributed by atoms with Crippen LogP contribution in [-0.2, 0) is 6.54 Å². The van der Waals surface area contributed by atoms with Crippen molar-refractivity contribution in [2.45, 2.75) is 20.4 Å². The topological polar surface area (TPSA) is 51.1 Å². The number of para-hydroxylation sites is 1. The fraction of sp³-hybridized carbons (Fsp3) is 0.143. The first-order valence-electron chi connectivity index (χ1n) is 8.17. The smallest absolute Gasteiger partial charge is 0.263 e. The van der Waals surface area contributed by atoms with Crippen LogP contribution in [0.4, 0.5) is 5.69 Å². The number of benzene rings is 2. The molecule has 4 nitrogen and oxygen atoms in total. The average Bonchev–Trinajstić information content (AvgIpc) is 2.60. The molecule has 0 radical (unpaired) electrons. The molecule has 0 saturated carbocycles. The Hall–Kier alpha value is -3.14. The molecule has 0 aliphatic rings. The van der Waals surface area contributed by atoms with E-state index in [4.69, 9.17) is 0 Å². The third-order valence-corrected chi connectivity index (χ3v) is 4.26. The molecule has 0 aliphatic heterocycles. The minimum absolute atomic E-state index is 0.138. The van der Waals surface area contributed by atoms with Crippen LogP contribution in [0.25, 0.3) is 0 Å². The van der Waals surface area contributed by atoms with Crippen LogP contribution in [0.5, 0.6) is 0 Å². The summed E-state index contributed by atoms with van der Waals surface area (Å²) in [6.07, 6.45) is 1.71. The highest BCUT2D eigenvalue weighted by Gasteiger charge is 2.13. The van der Waals surface area contributed by atoms with E-state index in [1.807, 2.05) is 62.4 Å². The Kier molecular flexibility index (Phi) is 4.80. The lowest BCUT2D eigenvalue weighted by atomic mass is 10.1. The Morgan fingerprint density at radius 1 is 0.920 bits per heavy atom. The van der Waals surface area contributed by atoms with Gasteiger partial charge < -0.3 is 9.88 Å². The molecule has 0 bridgehead atoms. The van der Waals surface area contributed by atoms with Gasteiger partial charge in [-0.1, -0.05) is 42.5 Å². The molecule has 1 heterocycles. The number of aryl methyl sites for hydroxylation is 2. The van der Waals surface area contributed by atoms with E-state index < -0.39 is 5.91 Å². The molecule has 126 valence electrons. The van der Waals surface area contributed by atoms with Crippen LogP contribution in [0, 0.1) is 13.8 Å². The fourth-order valence-corrected chi connectivity index (χ4v) is 2.71. The van der Waals surface area contributed by atoms with Gasteiger partial charge in [-0.15, -0.1) is 0 Å². The molecule has 1 N–H and O–H groups in total. The summed E-state index contributed by atoms with van der Waals surface area (Å²) in [6.45, 7) is 4.36. The molecule has 0 unspecified atom stereocenters. The molecule has 4 heteroatoms. The largest absolute Gasteiger partial charge is 0.322 e. The predicted octanol–water partition coefficient (Wildman–Crippen LogP) is 3.77. The summed E-state index contributed by atoms with van der Waals surface area (Å²) in [5, 5.41) is 2.82. The lowest BCUT2D eigenvalue weighted by Gasteiger charge is -2.11. The Bertz CT molecular complexity index is 973. The number of nitrogens with one attached hydrogen (secondary N) is 1. The van der Waals surface area contributed by atoms with Crippen molar-refractivity contribution < 1.29 is 4.79 Å². The molecular formula is C21H20N2O2. The Balaban J connectivity index is 1.88. The zero-order valence-electron chi connectivity index (χ0n) is 14.3. The predicted molar refractivity (Wildman–Crippen MR) is 100 cm³/mol. The van der Waals surface area contributed by atoms with Crippen LogP contribution >= 0.6 is 0 Å².